The summed E-state index contributed by atoms with van der Waals surface area (Å²) in [7, 11) is 0. The molecule has 110 valence electrons. The molecule has 1 aliphatic rings. The van der Waals surface area contributed by atoms with Crippen molar-refractivity contribution in [2.24, 2.45) is 11.7 Å². The van der Waals surface area contributed by atoms with Crippen LogP contribution >= 0.6 is 27.5 Å². The van der Waals surface area contributed by atoms with E-state index in [0.717, 1.165) is 10.0 Å². The number of benzene rings is 1. The highest BCUT2D eigenvalue weighted by Gasteiger charge is 2.36. The van der Waals surface area contributed by atoms with Gasteiger partial charge in [0.1, 0.15) is 0 Å². The zero-order chi connectivity index (χ0) is 14.9. The SMILES string of the molecule is CC(C)CN1C(=O)CCC(N)C1c1cc(Br)ccc1Cl. The van der Waals surface area contributed by atoms with E-state index in [4.69, 9.17) is 17.3 Å². The number of hydrogen-bond acceptors (Lipinski definition) is 2. The molecule has 0 spiro atoms. The minimum absolute atomic E-state index is 0.0711. The average molecular weight is 360 g/mol. The molecule has 1 aromatic carbocycles. The summed E-state index contributed by atoms with van der Waals surface area (Å²) < 4.78 is 0.951. The van der Waals surface area contributed by atoms with Gasteiger partial charge in [0, 0.05) is 28.5 Å². The van der Waals surface area contributed by atoms with Crippen LogP contribution in [0.5, 0.6) is 0 Å². The largest absolute Gasteiger partial charge is 0.334 e. The van der Waals surface area contributed by atoms with Crippen molar-refractivity contribution >= 4 is 33.4 Å². The third kappa shape index (κ3) is 3.35. The summed E-state index contributed by atoms with van der Waals surface area (Å²) in [5.41, 5.74) is 7.22. The van der Waals surface area contributed by atoms with Gasteiger partial charge >= 0.3 is 0 Å². The van der Waals surface area contributed by atoms with E-state index >= 15 is 0 Å². The summed E-state index contributed by atoms with van der Waals surface area (Å²) >= 11 is 9.80. The molecule has 2 N–H and O–H groups in total. The third-order valence-electron chi connectivity index (χ3n) is 3.59. The average Bonchev–Trinajstić information content (AvgIpc) is 2.37. The Morgan fingerprint density at radius 2 is 2.20 bits per heavy atom. The second-order valence-electron chi connectivity index (χ2n) is 5.75. The lowest BCUT2D eigenvalue weighted by Gasteiger charge is -2.41. The minimum Gasteiger partial charge on any atom is -0.334 e. The number of hydrogen-bond donors (Lipinski definition) is 1. The van der Waals surface area contributed by atoms with E-state index in [1.807, 2.05) is 23.1 Å². The summed E-state index contributed by atoms with van der Waals surface area (Å²) in [6, 6.07) is 5.51. The van der Waals surface area contributed by atoms with Crippen LogP contribution in [-0.2, 0) is 4.79 Å². The number of nitrogens with two attached hydrogens (primary N) is 1. The van der Waals surface area contributed by atoms with Gasteiger partial charge in [-0.1, -0.05) is 41.4 Å². The van der Waals surface area contributed by atoms with Crippen LogP contribution in [0.2, 0.25) is 5.02 Å². The quantitative estimate of drug-likeness (QED) is 0.893. The first-order valence-corrected chi connectivity index (χ1v) is 8.07. The zero-order valence-corrected chi connectivity index (χ0v) is 14.1. The Balaban J connectivity index is 2.41. The molecule has 1 fully saturated rings. The maximum Gasteiger partial charge on any atom is 0.223 e. The van der Waals surface area contributed by atoms with Crippen LogP contribution in [0.25, 0.3) is 0 Å². The molecule has 1 heterocycles. The molecule has 1 aromatic rings. The monoisotopic (exact) mass is 358 g/mol. The van der Waals surface area contributed by atoms with Crippen molar-refractivity contribution in [1.29, 1.82) is 0 Å². The molecular formula is C15H20BrClN2O. The van der Waals surface area contributed by atoms with E-state index < -0.39 is 0 Å². The fourth-order valence-corrected chi connectivity index (χ4v) is 3.33. The number of likely N-dealkylation sites (tertiary alicyclic amines) is 1. The maximum absolute atomic E-state index is 12.3. The summed E-state index contributed by atoms with van der Waals surface area (Å²) in [6.45, 7) is 4.92. The molecular weight excluding hydrogens is 340 g/mol. The van der Waals surface area contributed by atoms with Gasteiger partial charge in [0.25, 0.3) is 0 Å². The van der Waals surface area contributed by atoms with E-state index in [1.165, 1.54) is 0 Å². The Morgan fingerprint density at radius 3 is 2.85 bits per heavy atom. The van der Waals surface area contributed by atoms with Gasteiger partial charge in [-0.2, -0.15) is 0 Å². The predicted molar refractivity (Wildman–Crippen MR) is 85.7 cm³/mol. The number of amides is 1. The molecule has 2 atom stereocenters. The van der Waals surface area contributed by atoms with Crippen LogP contribution in [0, 0.1) is 5.92 Å². The van der Waals surface area contributed by atoms with Crippen molar-refractivity contribution in [1.82, 2.24) is 4.90 Å². The highest BCUT2D eigenvalue weighted by molar-refractivity contribution is 9.10. The number of halogens is 2. The summed E-state index contributed by atoms with van der Waals surface area (Å²) in [5, 5.41) is 0.664. The Bertz CT molecular complexity index is 507. The van der Waals surface area contributed by atoms with E-state index in [0.29, 0.717) is 30.3 Å². The first-order chi connectivity index (χ1) is 9.40. The van der Waals surface area contributed by atoms with Crippen molar-refractivity contribution in [3.8, 4) is 0 Å². The molecule has 0 saturated carbocycles. The lowest BCUT2D eigenvalue weighted by Crippen LogP contribution is -2.50. The van der Waals surface area contributed by atoms with Gasteiger partial charge in [-0.15, -0.1) is 0 Å². The van der Waals surface area contributed by atoms with Gasteiger partial charge in [0.2, 0.25) is 5.91 Å². The van der Waals surface area contributed by atoms with Crippen LogP contribution in [0.4, 0.5) is 0 Å². The second-order valence-corrected chi connectivity index (χ2v) is 7.08. The predicted octanol–water partition coefficient (Wildman–Crippen LogP) is 3.75. The van der Waals surface area contributed by atoms with Crippen molar-refractivity contribution < 1.29 is 4.79 Å². The van der Waals surface area contributed by atoms with Gasteiger partial charge in [0.05, 0.1) is 6.04 Å². The van der Waals surface area contributed by atoms with Gasteiger partial charge < -0.3 is 10.6 Å². The Morgan fingerprint density at radius 1 is 1.50 bits per heavy atom. The molecule has 3 nitrogen and oxygen atoms in total. The molecule has 2 rings (SSSR count). The fraction of sp³-hybridized carbons (Fsp3) is 0.533. The molecule has 1 amide bonds. The fourth-order valence-electron chi connectivity index (χ4n) is 2.73. The van der Waals surface area contributed by atoms with Crippen LogP contribution < -0.4 is 5.73 Å². The Labute approximate surface area is 133 Å². The van der Waals surface area contributed by atoms with Crippen molar-refractivity contribution in [2.45, 2.75) is 38.8 Å². The van der Waals surface area contributed by atoms with E-state index in [1.54, 1.807) is 0 Å². The van der Waals surface area contributed by atoms with Crippen LogP contribution in [0.15, 0.2) is 22.7 Å². The molecule has 1 saturated heterocycles. The van der Waals surface area contributed by atoms with Gasteiger partial charge in [-0.25, -0.2) is 0 Å². The van der Waals surface area contributed by atoms with Crippen LogP contribution in [0.3, 0.4) is 0 Å². The maximum atomic E-state index is 12.3. The number of carbonyl (C=O) groups excluding carboxylic acids is 1. The Hall–Kier alpha value is -0.580. The van der Waals surface area contributed by atoms with Crippen molar-refractivity contribution in [3.63, 3.8) is 0 Å². The van der Waals surface area contributed by atoms with E-state index in [2.05, 4.69) is 29.8 Å². The second kappa shape index (κ2) is 6.46. The standard InChI is InChI=1S/C15H20BrClN2O/c1-9(2)8-19-14(20)6-5-13(18)15(19)11-7-10(16)3-4-12(11)17/h3-4,7,9,13,15H,5-6,8,18H2,1-2H3. The Kier molecular flexibility index (Phi) is 5.10. The van der Waals surface area contributed by atoms with Gasteiger partial charge in [-0.3, -0.25) is 4.79 Å². The smallest absolute Gasteiger partial charge is 0.223 e. The highest BCUT2D eigenvalue weighted by Crippen LogP contribution is 2.36. The molecule has 0 radical (unpaired) electrons. The number of piperidine rings is 1. The number of nitrogens with zero attached hydrogens (tertiary/aromatic N) is 1. The summed E-state index contributed by atoms with van der Waals surface area (Å²) in [4.78, 5) is 14.2. The topological polar surface area (TPSA) is 46.3 Å². The molecule has 0 bridgehead atoms. The molecule has 1 aliphatic heterocycles. The van der Waals surface area contributed by atoms with Gasteiger partial charge in [-0.05, 0) is 36.1 Å². The van der Waals surface area contributed by atoms with E-state index in [9.17, 15) is 4.79 Å². The van der Waals surface area contributed by atoms with Crippen molar-refractivity contribution in [2.75, 3.05) is 6.54 Å². The lowest BCUT2D eigenvalue weighted by atomic mass is 9.89. The third-order valence-corrected chi connectivity index (χ3v) is 4.43. The molecule has 0 aliphatic carbocycles. The molecule has 5 heteroatoms. The first-order valence-electron chi connectivity index (χ1n) is 6.90. The van der Waals surface area contributed by atoms with Gasteiger partial charge in [0.15, 0.2) is 0 Å². The summed E-state index contributed by atoms with van der Waals surface area (Å²) in [5.74, 6) is 0.569. The van der Waals surface area contributed by atoms with Crippen LogP contribution in [-0.4, -0.2) is 23.4 Å². The molecule has 0 aromatic heterocycles. The lowest BCUT2D eigenvalue weighted by molar-refractivity contribution is -0.138. The minimum atomic E-state index is -0.136. The number of carbonyl (C=O) groups is 1. The zero-order valence-electron chi connectivity index (χ0n) is 11.8. The molecule has 2 unspecified atom stereocenters. The number of rotatable bonds is 3. The normalized spacial score (nSPS) is 23.5. The van der Waals surface area contributed by atoms with E-state index in [-0.39, 0.29) is 18.0 Å². The van der Waals surface area contributed by atoms with Crippen LogP contribution in [0.1, 0.15) is 38.3 Å². The highest BCUT2D eigenvalue weighted by atomic mass is 79.9. The molecule has 20 heavy (non-hydrogen) atoms. The summed E-state index contributed by atoms with van der Waals surface area (Å²) in [6.07, 6.45) is 1.23. The first kappa shape index (κ1) is 15.8. The van der Waals surface area contributed by atoms with Crippen molar-refractivity contribution in [3.05, 3.63) is 33.3 Å².